The molecule has 116 valence electrons. The van der Waals surface area contributed by atoms with Gasteiger partial charge in [0.1, 0.15) is 0 Å². The molecule has 0 heterocycles. The van der Waals surface area contributed by atoms with Crippen LogP contribution in [0, 0.1) is 11.8 Å². The zero-order valence-electron chi connectivity index (χ0n) is 13.0. The number of benzene rings is 1. The Kier molecular flexibility index (Phi) is 5.93. The number of nitrogens with two attached hydrogens (primary N) is 1. The minimum absolute atomic E-state index is 0.281. The van der Waals surface area contributed by atoms with Gasteiger partial charge >= 0.3 is 0 Å². The highest BCUT2D eigenvalue weighted by Crippen LogP contribution is 2.11. The lowest BCUT2D eigenvalue weighted by Crippen LogP contribution is -2.47. The number of nitrogens with one attached hydrogen (secondary N) is 1. The molecule has 0 aliphatic rings. The molecule has 0 radical (unpaired) electrons. The summed E-state index contributed by atoms with van der Waals surface area (Å²) in [5.74, 6) is 5.72. The second kappa shape index (κ2) is 7.05. The molecule has 0 fully saturated rings. The Morgan fingerprint density at radius 1 is 1.33 bits per heavy atom. The Bertz CT molecular complexity index is 637. The maximum Gasteiger partial charge on any atom is 0.279 e. The molecule has 1 aromatic carbocycles. The van der Waals surface area contributed by atoms with E-state index in [1.807, 2.05) is 24.3 Å². The van der Waals surface area contributed by atoms with Gasteiger partial charge in [-0.1, -0.05) is 24.0 Å². The molecule has 0 spiro atoms. The van der Waals surface area contributed by atoms with Gasteiger partial charge in [-0.05, 0) is 38.5 Å². The van der Waals surface area contributed by atoms with E-state index in [1.54, 1.807) is 27.8 Å². The van der Waals surface area contributed by atoms with E-state index >= 15 is 0 Å². The second-order valence-corrected chi connectivity index (χ2v) is 7.60. The van der Waals surface area contributed by atoms with Crippen molar-refractivity contribution in [1.29, 1.82) is 0 Å². The van der Waals surface area contributed by atoms with Crippen LogP contribution in [0.4, 0.5) is 0 Å². The Balaban J connectivity index is 2.86. The number of nitrogens with zero attached hydrogens (tertiary/aromatic N) is 1. The quantitative estimate of drug-likeness (QED) is 0.817. The summed E-state index contributed by atoms with van der Waals surface area (Å²) in [5, 5.41) is 0. The number of hydrogen-bond acceptors (Lipinski definition) is 3. The van der Waals surface area contributed by atoms with Crippen LogP contribution in [-0.4, -0.2) is 31.9 Å². The number of hydrogen-bond donors (Lipinski definition) is 2. The second-order valence-electron chi connectivity index (χ2n) is 5.82. The Labute approximate surface area is 127 Å². The van der Waals surface area contributed by atoms with Gasteiger partial charge in [0.25, 0.3) is 10.2 Å². The Morgan fingerprint density at radius 3 is 2.57 bits per heavy atom. The lowest BCUT2D eigenvalue weighted by Gasteiger charge is -2.25. The fraction of sp³-hybridized carbons (Fsp3) is 0.467. The molecule has 0 saturated heterocycles. The first-order chi connectivity index (χ1) is 9.64. The average molecular weight is 309 g/mol. The molecular weight excluding hydrogens is 286 g/mol. The molecule has 0 aliphatic carbocycles. The van der Waals surface area contributed by atoms with Crippen molar-refractivity contribution < 1.29 is 8.42 Å². The molecule has 0 aromatic heterocycles. The predicted molar refractivity (Wildman–Crippen MR) is 85.6 cm³/mol. The third-order valence-electron chi connectivity index (χ3n) is 2.51. The van der Waals surface area contributed by atoms with Crippen molar-refractivity contribution in [1.82, 2.24) is 9.03 Å². The van der Waals surface area contributed by atoms with Crippen molar-refractivity contribution in [3.8, 4) is 11.8 Å². The van der Waals surface area contributed by atoms with E-state index in [2.05, 4.69) is 16.6 Å². The summed E-state index contributed by atoms with van der Waals surface area (Å²) in [5.41, 5.74) is 6.53. The van der Waals surface area contributed by atoms with Gasteiger partial charge in [0.05, 0.1) is 6.54 Å². The normalized spacial score (nSPS) is 12.1. The van der Waals surface area contributed by atoms with E-state index in [9.17, 15) is 8.42 Å². The summed E-state index contributed by atoms with van der Waals surface area (Å²) in [6.45, 7) is 6.00. The first kappa shape index (κ1) is 17.7. The first-order valence-corrected chi connectivity index (χ1v) is 8.11. The van der Waals surface area contributed by atoms with Gasteiger partial charge in [-0.2, -0.15) is 17.4 Å². The molecule has 0 aliphatic heterocycles. The zero-order valence-corrected chi connectivity index (χ0v) is 13.8. The standard InChI is InChI=1S/C15H23N3O2S/c1-15(2,3)17-21(19,20)18(4)12-14-8-5-7-13(11-14)9-6-10-16/h5,7-8,11,17H,10,12,16H2,1-4H3. The van der Waals surface area contributed by atoms with E-state index < -0.39 is 15.7 Å². The van der Waals surface area contributed by atoms with Gasteiger partial charge in [0.15, 0.2) is 0 Å². The summed E-state index contributed by atoms with van der Waals surface area (Å²) in [6.07, 6.45) is 0. The minimum atomic E-state index is -3.52. The van der Waals surface area contributed by atoms with E-state index in [-0.39, 0.29) is 6.54 Å². The summed E-state index contributed by atoms with van der Waals surface area (Å²) >= 11 is 0. The molecule has 0 bridgehead atoms. The minimum Gasteiger partial charge on any atom is -0.320 e. The monoisotopic (exact) mass is 309 g/mol. The van der Waals surface area contributed by atoms with E-state index in [0.717, 1.165) is 11.1 Å². The van der Waals surface area contributed by atoms with Crippen LogP contribution < -0.4 is 10.5 Å². The highest BCUT2D eigenvalue weighted by atomic mass is 32.2. The smallest absolute Gasteiger partial charge is 0.279 e. The summed E-state index contributed by atoms with van der Waals surface area (Å²) in [6, 6.07) is 7.46. The molecule has 0 unspecified atom stereocenters. The number of rotatable bonds is 4. The van der Waals surface area contributed by atoms with Crippen molar-refractivity contribution in [2.45, 2.75) is 32.9 Å². The van der Waals surface area contributed by atoms with Crippen LogP contribution in [-0.2, 0) is 16.8 Å². The fourth-order valence-electron chi connectivity index (χ4n) is 1.71. The van der Waals surface area contributed by atoms with E-state index in [4.69, 9.17) is 5.73 Å². The Morgan fingerprint density at radius 2 is 2.00 bits per heavy atom. The third-order valence-corrected chi connectivity index (χ3v) is 4.33. The van der Waals surface area contributed by atoms with Crippen LogP contribution in [0.5, 0.6) is 0 Å². The largest absolute Gasteiger partial charge is 0.320 e. The van der Waals surface area contributed by atoms with Crippen LogP contribution in [0.3, 0.4) is 0 Å². The van der Waals surface area contributed by atoms with Crippen molar-refractivity contribution >= 4 is 10.2 Å². The lowest BCUT2D eigenvalue weighted by molar-refractivity contribution is 0.421. The molecular formula is C15H23N3O2S. The molecule has 5 nitrogen and oxygen atoms in total. The van der Waals surface area contributed by atoms with Crippen LogP contribution in [0.2, 0.25) is 0 Å². The molecule has 1 rings (SSSR count). The molecule has 3 N–H and O–H groups in total. The van der Waals surface area contributed by atoms with E-state index in [0.29, 0.717) is 6.54 Å². The van der Waals surface area contributed by atoms with Crippen LogP contribution >= 0.6 is 0 Å². The van der Waals surface area contributed by atoms with Crippen LogP contribution in [0.15, 0.2) is 24.3 Å². The van der Waals surface area contributed by atoms with Crippen LogP contribution in [0.25, 0.3) is 0 Å². The lowest BCUT2D eigenvalue weighted by atomic mass is 10.1. The fourth-order valence-corrected chi connectivity index (χ4v) is 2.96. The predicted octanol–water partition coefficient (Wildman–Crippen LogP) is 1.06. The first-order valence-electron chi connectivity index (χ1n) is 6.67. The molecule has 0 atom stereocenters. The Hall–Kier alpha value is -1.39. The van der Waals surface area contributed by atoms with Crippen molar-refractivity contribution in [2.75, 3.05) is 13.6 Å². The molecule has 1 aromatic rings. The van der Waals surface area contributed by atoms with Gasteiger partial charge in [0.2, 0.25) is 0 Å². The topological polar surface area (TPSA) is 75.4 Å². The molecule has 21 heavy (non-hydrogen) atoms. The van der Waals surface area contributed by atoms with Crippen LogP contribution in [0.1, 0.15) is 31.9 Å². The van der Waals surface area contributed by atoms with Gasteiger partial charge in [0, 0.05) is 24.7 Å². The summed E-state index contributed by atoms with van der Waals surface area (Å²) in [7, 11) is -1.97. The maximum absolute atomic E-state index is 12.2. The highest BCUT2D eigenvalue weighted by molar-refractivity contribution is 7.87. The van der Waals surface area contributed by atoms with E-state index in [1.165, 1.54) is 4.31 Å². The zero-order chi connectivity index (χ0) is 16.1. The SMILES string of the molecule is CN(Cc1cccc(C#CCN)c1)S(=O)(=O)NC(C)(C)C. The van der Waals surface area contributed by atoms with Crippen molar-refractivity contribution in [3.63, 3.8) is 0 Å². The maximum atomic E-state index is 12.2. The van der Waals surface area contributed by atoms with Gasteiger partial charge in [-0.25, -0.2) is 0 Å². The average Bonchev–Trinajstić information content (AvgIpc) is 2.34. The summed E-state index contributed by atoms with van der Waals surface area (Å²) < 4.78 is 28.3. The molecule has 0 amide bonds. The van der Waals surface area contributed by atoms with Gasteiger partial charge in [-0.3, -0.25) is 0 Å². The molecule has 6 heteroatoms. The third kappa shape index (κ3) is 6.27. The van der Waals surface area contributed by atoms with Gasteiger partial charge in [-0.15, -0.1) is 0 Å². The highest BCUT2D eigenvalue weighted by Gasteiger charge is 2.24. The van der Waals surface area contributed by atoms with Crippen molar-refractivity contribution in [3.05, 3.63) is 35.4 Å². The summed E-state index contributed by atoms with van der Waals surface area (Å²) in [4.78, 5) is 0. The van der Waals surface area contributed by atoms with Crippen molar-refractivity contribution in [2.24, 2.45) is 5.73 Å². The van der Waals surface area contributed by atoms with Gasteiger partial charge < -0.3 is 5.73 Å². The molecule has 0 saturated carbocycles.